The van der Waals surface area contributed by atoms with E-state index in [1.54, 1.807) is 9.80 Å². The molecule has 0 spiro atoms. The van der Waals surface area contributed by atoms with Gasteiger partial charge in [0.2, 0.25) is 0 Å². The standard InChI is InChI=1S/C22H30Cl2N4O5/c1-21(2,3)33-20(30)26-6-7-28-13(10-26)11-31-16-14(19(28)29)18(25-17(24)15(16)23)27-8-9-32-22(4,5)12-27/h13H,6-12H2,1-5H3/t13-/m1/s1. The van der Waals surface area contributed by atoms with Gasteiger partial charge in [-0.1, -0.05) is 23.2 Å². The summed E-state index contributed by atoms with van der Waals surface area (Å²) in [5.41, 5.74) is -0.707. The van der Waals surface area contributed by atoms with E-state index in [0.717, 1.165) is 0 Å². The smallest absolute Gasteiger partial charge is 0.410 e. The van der Waals surface area contributed by atoms with Crippen molar-refractivity contribution in [1.82, 2.24) is 14.8 Å². The van der Waals surface area contributed by atoms with Crippen molar-refractivity contribution < 1.29 is 23.8 Å². The fraction of sp³-hybridized carbons (Fsp3) is 0.682. The first kappa shape index (κ1) is 24.2. The van der Waals surface area contributed by atoms with E-state index < -0.39 is 17.3 Å². The molecule has 33 heavy (non-hydrogen) atoms. The lowest BCUT2D eigenvalue weighted by Gasteiger charge is -2.41. The number of nitrogens with zero attached hydrogens (tertiary/aromatic N) is 4. The van der Waals surface area contributed by atoms with Crippen LogP contribution in [0.5, 0.6) is 5.75 Å². The van der Waals surface area contributed by atoms with Crippen LogP contribution in [0.2, 0.25) is 10.2 Å². The third kappa shape index (κ3) is 4.95. The first-order chi connectivity index (χ1) is 15.4. The van der Waals surface area contributed by atoms with Gasteiger partial charge in [-0.25, -0.2) is 9.78 Å². The van der Waals surface area contributed by atoms with Crippen molar-refractivity contribution in [3.05, 3.63) is 15.7 Å². The normalized spacial score (nSPS) is 22.8. The summed E-state index contributed by atoms with van der Waals surface area (Å²) >= 11 is 12.8. The van der Waals surface area contributed by atoms with E-state index in [4.69, 9.17) is 37.4 Å². The van der Waals surface area contributed by atoms with Crippen molar-refractivity contribution in [2.24, 2.45) is 0 Å². The van der Waals surface area contributed by atoms with Crippen LogP contribution in [-0.4, -0.2) is 90.0 Å². The number of ether oxygens (including phenoxy) is 3. The number of carbonyl (C=O) groups excluding carboxylic acids is 2. The van der Waals surface area contributed by atoms with Crippen molar-refractivity contribution in [3.8, 4) is 5.75 Å². The lowest BCUT2D eigenvalue weighted by atomic mass is 10.1. The van der Waals surface area contributed by atoms with Crippen molar-refractivity contribution in [2.75, 3.05) is 50.8 Å². The highest BCUT2D eigenvalue weighted by atomic mass is 35.5. The van der Waals surface area contributed by atoms with E-state index >= 15 is 0 Å². The highest BCUT2D eigenvalue weighted by Gasteiger charge is 2.42. The number of rotatable bonds is 1. The summed E-state index contributed by atoms with van der Waals surface area (Å²) in [4.78, 5) is 36.2. The van der Waals surface area contributed by atoms with E-state index in [1.807, 2.05) is 39.5 Å². The summed E-state index contributed by atoms with van der Waals surface area (Å²) in [5, 5.41) is 0.192. The summed E-state index contributed by atoms with van der Waals surface area (Å²) in [5.74, 6) is 0.442. The highest BCUT2D eigenvalue weighted by Crippen LogP contribution is 2.42. The number of halogens is 2. The first-order valence-electron chi connectivity index (χ1n) is 11.1. The zero-order valence-electron chi connectivity index (χ0n) is 19.6. The third-order valence-corrected chi connectivity index (χ3v) is 6.51. The number of pyridine rings is 1. The largest absolute Gasteiger partial charge is 0.489 e. The van der Waals surface area contributed by atoms with Crippen molar-refractivity contribution in [3.63, 3.8) is 0 Å². The number of fused-ring (bicyclic) bond motifs is 2. The van der Waals surface area contributed by atoms with Crippen LogP contribution in [0.4, 0.5) is 10.6 Å². The molecule has 1 aromatic rings. The fourth-order valence-corrected chi connectivity index (χ4v) is 4.70. The molecule has 1 aromatic heterocycles. The number of morpholine rings is 1. The average Bonchev–Trinajstić information content (AvgIpc) is 2.85. The number of anilines is 1. The van der Waals surface area contributed by atoms with Gasteiger partial charge in [-0.3, -0.25) is 4.79 Å². The maximum absolute atomic E-state index is 13.8. The molecule has 2 fully saturated rings. The van der Waals surface area contributed by atoms with E-state index in [0.29, 0.717) is 50.7 Å². The SMILES string of the molecule is CC(C)(C)OC(=O)N1CCN2C(=O)c3c(N4CCOC(C)(C)C4)nc(Cl)c(Cl)c3OC[C@H]2C1. The maximum Gasteiger partial charge on any atom is 0.410 e. The molecule has 4 heterocycles. The van der Waals surface area contributed by atoms with Crippen LogP contribution >= 0.6 is 23.2 Å². The molecule has 11 heteroatoms. The molecule has 3 aliphatic rings. The molecule has 0 bridgehead atoms. The Balaban J connectivity index is 1.65. The number of hydrogen-bond acceptors (Lipinski definition) is 7. The number of hydrogen-bond donors (Lipinski definition) is 0. The predicted octanol–water partition coefficient (Wildman–Crippen LogP) is 3.46. The van der Waals surface area contributed by atoms with Gasteiger partial charge in [0.1, 0.15) is 28.6 Å². The van der Waals surface area contributed by atoms with Crippen LogP contribution < -0.4 is 9.64 Å². The van der Waals surface area contributed by atoms with Crippen LogP contribution in [0.3, 0.4) is 0 Å². The average molecular weight is 501 g/mol. The molecule has 0 unspecified atom stereocenters. The van der Waals surface area contributed by atoms with Gasteiger partial charge in [0.15, 0.2) is 10.9 Å². The van der Waals surface area contributed by atoms with Crippen molar-refractivity contribution in [1.29, 1.82) is 0 Å². The summed E-state index contributed by atoms with van der Waals surface area (Å²) in [6.07, 6.45) is -0.407. The molecular formula is C22H30Cl2N4O5. The van der Waals surface area contributed by atoms with Crippen LogP contribution in [0.1, 0.15) is 45.0 Å². The third-order valence-electron chi connectivity index (χ3n) is 5.79. The number of carbonyl (C=O) groups is 2. The zero-order valence-corrected chi connectivity index (χ0v) is 21.1. The lowest BCUT2D eigenvalue weighted by Crippen LogP contribution is -2.58. The van der Waals surface area contributed by atoms with Crippen molar-refractivity contribution in [2.45, 2.75) is 51.9 Å². The molecule has 0 N–H and O–H groups in total. The Kier molecular flexibility index (Phi) is 6.35. The summed E-state index contributed by atoms with van der Waals surface area (Å²) in [7, 11) is 0. The predicted molar refractivity (Wildman–Crippen MR) is 125 cm³/mol. The minimum Gasteiger partial charge on any atom is -0.489 e. The Morgan fingerprint density at radius 3 is 2.61 bits per heavy atom. The molecule has 182 valence electrons. The van der Waals surface area contributed by atoms with Gasteiger partial charge < -0.3 is 28.9 Å². The fourth-order valence-electron chi connectivity index (χ4n) is 4.34. The molecule has 1 atom stereocenters. The Labute approximate surface area is 203 Å². The van der Waals surface area contributed by atoms with Gasteiger partial charge in [0, 0.05) is 32.7 Å². The first-order valence-corrected chi connectivity index (χ1v) is 11.8. The van der Waals surface area contributed by atoms with Crippen LogP contribution in [0, 0.1) is 0 Å². The monoisotopic (exact) mass is 500 g/mol. The molecule has 9 nitrogen and oxygen atoms in total. The number of aromatic nitrogens is 1. The number of amides is 2. The van der Waals surface area contributed by atoms with E-state index in [9.17, 15) is 9.59 Å². The van der Waals surface area contributed by atoms with Crippen LogP contribution in [-0.2, 0) is 9.47 Å². The van der Waals surface area contributed by atoms with Gasteiger partial charge in [-0.2, -0.15) is 0 Å². The molecule has 0 saturated carbocycles. The quantitative estimate of drug-likeness (QED) is 0.545. The minimum absolute atomic E-state index is 0.0813. The Morgan fingerprint density at radius 1 is 1.21 bits per heavy atom. The van der Waals surface area contributed by atoms with Gasteiger partial charge in [-0.15, -0.1) is 0 Å². The molecule has 2 amide bonds. The molecule has 0 aliphatic carbocycles. The number of piperazine rings is 1. The second kappa shape index (κ2) is 8.67. The van der Waals surface area contributed by atoms with Gasteiger partial charge in [0.25, 0.3) is 5.91 Å². The summed E-state index contributed by atoms with van der Waals surface area (Å²) < 4.78 is 17.4. The summed E-state index contributed by atoms with van der Waals surface area (Å²) in [6, 6.07) is -0.352. The van der Waals surface area contributed by atoms with Crippen LogP contribution in [0.15, 0.2) is 0 Å². The van der Waals surface area contributed by atoms with E-state index in [1.165, 1.54) is 0 Å². The Hall–Kier alpha value is -1.97. The lowest BCUT2D eigenvalue weighted by molar-refractivity contribution is -0.0279. The second-order valence-electron chi connectivity index (χ2n) is 10.2. The zero-order chi connectivity index (χ0) is 24.1. The minimum atomic E-state index is -0.600. The topological polar surface area (TPSA) is 84.4 Å². The summed E-state index contributed by atoms with van der Waals surface area (Å²) in [6.45, 7) is 12.2. The molecule has 0 aromatic carbocycles. The Bertz CT molecular complexity index is 965. The van der Waals surface area contributed by atoms with Gasteiger partial charge in [0.05, 0.1) is 18.2 Å². The van der Waals surface area contributed by atoms with Crippen molar-refractivity contribution >= 4 is 41.0 Å². The van der Waals surface area contributed by atoms with Gasteiger partial charge >= 0.3 is 6.09 Å². The Morgan fingerprint density at radius 2 is 1.94 bits per heavy atom. The molecular weight excluding hydrogens is 471 g/mol. The molecule has 4 rings (SSSR count). The molecule has 2 saturated heterocycles. The van der Waals surface area contributed by atoms with E-state index in [2.05, 4.69) is 4.98 Å². The highest BCUT2D eigenvalue weighted by molar-refractivity contribution is 6.42. The molecule has 0 radical (unpaired) electrons. The molecule has 3 aliphatic heterocycles. The van der Waals surface area contributed by atoms with E-state index in [-0.39, 0.29) is 34.5 Å². The second-order valence-corrected chi connectivity index (χ2v) is 10.9. The maximum atomic E-state index is 13.8. The van der Waals surface area contributed by atoms with Gasteiger partial charge in [-0.05, 0) is 34.6 Å². The van der Waals surface area contributed by atoms with Crippen LogP contribution in [0.25, 0.3) is 0 Å².